The van der Waals surface area contributed by atoms with Crippen LogP contribution in [0, 0.1) is 0 Å². The molecule has 0 radical (unpaired) electrons. The van der Waals surface area contributed by atoms with Gasteiger partial charge in [-0.1, -0.05) is 73.3 Å². The molecule has 4 unspecified atom stereocenters. The molecular formula is C29H26N2O7S2. The zero-order valence-electron chi connectivity index (χ0n) is 21.3. The number of ether oxygens (including phenoxy) is 2. The van der Waals surface area contributed by atoms with Crippen molar-refractivity contribution < 1.29 is 33.2 Å². The largest absolute Gasteiger partial charge is 0.614 e. The minimum absolute atomic E-state index is 0.00694. The molecule has 0 bridgehead atoms. The van der Waals surface area contributed by atoms with Gasteiger partial charge in [0.25, 0.3) is 5.91 Å². The van der Waals surface area contributed by atoms with Crippen LogP contribution in [-0.4, -0.2) is 56.4 Å². The fourth-order valence-corrected chi connectivity index (χ4v) is 7.13. The molecule has 40 heavy (non-hydrogen) atoms. The van der Waals surface area contributed by atoms with Crippen LogP contribution >= 0.6 is 11.3 Å². The van der Waals surface area contributed by atoms with Crippen LogP contribution in [-0.2, 0) is 53.0 Å². The first-order chi connectivity index (χ1) is 19.3. The Balaban J connectivity index is 1.27. The van der Waals surface area contributed by atoms with Crippen molar-refractivity contribution in [2.45, 2.75) is 36.6 Å². The third-order valence-corrected chi connectivity index (χ3v) is 9.27. The lowest BCUT2D eigenvalue weighted by molar-refractivity contribution is -0.165. The van der Waals surface area contributed by atoms with Gasteiger partial charge < -0.3 is 19.3 Å². The first-order valence-electron chi connectivity index (χ1n) is 12.5. The van der Waals surface area contributed by atoms with Gasteiger partial charge in [0.1, 0.15) is 19.0 Å². The van der Waals surface area contributed by atoms with Crippen molar-refractivity contribution in [3.05, 3.63) is 106 Å². The van der Waals surface area contributed by atoms with Gasteiger partial charge in [-0.05, 0) is 33.7 Å². The number of hydrogen-bond acceptors (Lipinski definition) is 8. The average Bonchev–Trinajstić information content (AvgIpc) is 3.49. The molecule has 5 atom stereocenters. The van der Waals surface area contributed by atoms with Crippen molar-refractivity contribution in [3.63, 3.8) is 0 Å². The van der Waals surface area contributed by atoms with Gasteiger partial charge in [0.2, 0.25) is 11.3 Å². The minimum atomic E-state index is -1.62. The number of fused-ring (bicyclic) bond motifs is 1. The van der Waals surface area contributed by atoms with Crippen LogP contribution in [0.5, 0.6) is 0 Å². The molecule has 2 aromatic carbocycles. The molecule has 11 heteroatoms. The van der Waals surface area contributed by atoms with Crippen LogP contribution in [0.25, 0.3) is 0 Å². The lowest BCUT2D eigenvalue weighted by Gasteiger charge is -2.52. The fourth-order valence-electron chi connectivity index (χ4n) is 4.66. The Morgan fingerprint density at radius 2 is 1.62 bits per heavy atom. The first-order valence-corrected chi connectivity index (χ1v) is 14.7. The summed E-state index contributed by atoms with van der Waals surface area (Å²) >= 11 is -0.418. The van der Waals surface area contributed by atoms with Crippen molar-refractivity contribution >= 4 is 46.3 Å². The van der Waals surface area contributed by atoms with Gasteiger partial charge in [0, 0.05) is 10.5 Å². The second-order valence-corrected chi connectivity index (χ2v) is 11.9. The summed E-state index contributed by atoms with van der Waals surface area (Å²) in [4.78, 5) is 54.2. The lowest BCUT2D eigenvalue weighted by Crippen LogP contribution is -2.79. The topological polar surface area (TPSA) is 125 Å². The van der Waals surface area contributed by atoms with Crippen molar-refractivity contribution in [2.75, 3.05) is 5.75 Å². The van der Waals surface area contributed by atoms with Crippen LogP contribution < -0.4 is 5.32 Å². The van der Waals surface area contributed by atoms with Crippen LogP contribution in [0.4, 0.5) is 0 Å². The molecule has 0 saturated carbocycles. The molecule has 206 valence electrons. The van der Waals surface area contributed by atoms with E-state index < -0.39 is 58.3 Å². The molecule has 2 aliphatic heterocycles. The van der Waals surface area contributed by atoms with Gasteiger partial charge in [-0.25, -0.2) is 4.79 Å². The molecule has 1 aromatic heterocycles. The smallest absolute Gasteiger partial charge is 0.333 e. The van der Waals surface area contributed by atoms with E-state index in [1.54, 1.807) is 41.8 Å². The zero-order valence-corrected chi connectivity index (χ0v) is 22.9. The minimum Gasteiger partial charge on any atom is -0.614 e. The summed E-state index contributed by atoms with van der Waals surface area (Å²) in [5.74, 6) is -4.15. The maximum absolute atomic E-state index is 13.4. The number of nitrogens with zero attached hydrogens (tertiary/aromatic N) is 1. The van der Waals surface area contributed by atoms with E-state index in [1.165, 1.54) is 11.3 Å². The van der Waals surface area contributed by atoms with Gasteiger partial charge in [-0.3, -0.25) is 19.3 Å². The molecular weight excluding hydrogens is 552 g/mol. The van der Waals surface area contributed by atoms with E-state index >= 15 is 0 Å². The monoisotopic (exact) mass is 578 g/mol. The van der Waals surface area contributed by atoms with Crippen LogP contribution in [0.3, 0.4) is 0 Å². The Bertz CT molecular complexity index is 1400. The normalized spacial score (nSPS) is 22.5. The molecule has 9 nitrogen and oxygen atoms in total. The average molecular weight is 579 g/mol. The molecule has 3 heterocycles. The van der Waals surface area contributed by atoms with Crippen molar-refractivity contribution in [1.82, 2.24) is 10.2 Å². The maximum Gasteiger partial charge on any atom is 0.333 e. The second-order valence-electron chi connectivity index (χ2n) is 9.34. The number of benzene rings is 2. The van der Waals surface area contributed by atoms with Gasteiger partial charge in [-0.2, -0.15) is 0 Å². The quantitative estimate of drug-likeness (QED) is 0.136. The number of carbonyl (C=O) groups is 4. The second kappa shape index (κ2) is 12.1. The molecule has 2 amide bonds. The summed E-state index contributed by atoms with van der Waals surface area (Å²) < 4.78 is 23.9. The number of rotatable bonds is 9. The highest BCUT2D eigenvalue weighted by molar-refractivity contribution is 7.92. The van der Waals surface area contributed by atoms with Crippen LogP contribution in [0.15, 0.2) is 90.3 Å². The van der Waals surface area contributed by atoms with Crippen molar-refractivity contribution in [1.29, 1.82) is 0 Å². The molecule has 2 aliphatic rings. The Hall–Kier alpha value is -3.93. The van der Waals surface area contributed by atoms with E-state index in [2.05, 4.69) is 11.9 Å². The standard InChI is InChI=1S/C29H26N2O7S2/c1-18-17-40(36)27-23(26(33)31(27)24(18)29(35)38-16-20-11-6-3-7-12-20)30-25(32)22(21-13-8-14-39-21)28(34)37-15-19-9-4-2-5-10-19/h2-14,22-24,27H,1,15-17H2,(H,30,32)/t22?,23?,24?,27-,40?/m1/s1. The van der Waals surface area contributed by atoms with Crippen LogP contribution in [0.1, 0.15) is 21.9 Å². The molecule has 2 saturated heterocycles. The highest BCUT2D eigenvalue weighted by Crippen LogP contribution is 2.37. The first kappa shape index (κ1) is 27.6. The van der Waals surface area contributed by atoms with Crippen molar-refractivity contribution in [3.8, 4) is 0 Å². The van der Waals surface area contributed by atoms with Crippen molar-refractivity contribution in [2.24, 2.45) is 0 Å². The van der Waals surface area contributed by atoms with Crippen LogP contribution in [0.2, 0.25) is 0 Å². The third-order valence-electron chi connectivity index (χ3n) is 6.64. The molecule has 3 aromatic rings. The maximum atomic E-state index is 13.4. The van der Waals surface area contributed by atoms with E-state index in [0.717, 1.165) is 16.0 Å². The summed E-state index contributed by atoms with van der Waals surface area (Å²) in [6.07, 6.45) is 0. The number of β-lactam (4-membered cyclic amide) rings is 1. The zero-order chi connectivity index (χ0) is 28.2. The third kappa shape index (κ3) is 5.67. The Morgan fingerprint density at radius 1 is 1.00 bits per heavy atom. The summed E-state index contributed by atoms with van der Waals surface area (Å²) in [7, 11) is 0. The molecule has 0 spiro atoms. The predicted octanol–water partition coefficient (Wildman–Crippen LogP) is 2.66. The SMILES string of the molecule is C=C1C[S+]([O-])[C@@H]2C(NC(=O)C(C(=O)OCc3ccccc3)c3cccs3)C(=O)N2C1C(=O)OCc1ccccc1. The summed E-state index contributed by atoms with van der Waals surface area (Å²) in [6.45, 7) is 3.84. The highest BCUT2D eigenvalue weighted by Gasteiger charge is 2.63. The Labute approximate surface area is 238 Å². The number of hydrogen-bond donors (Lipinski definition) is 1. The van der Waals surface area contributed by atoms with E-state index in [-0.39, 0.29) is 19.0 Å². The number of esters is 2. The molecule has 1 N–H and O–H groups in total. The van der Waals surface area contributed by atoms with Gasteiger partial charge >= 0.3 is 11.9 Å². The van der Waals surface area contributed by atoms with Gasteiger partial charge in [0.05, 0.1) is 0 Å². The number of nitrogens with one attached hydrogen (secondary N) is 1. The Kier molecular flexibility index (Phi) is 8.34. The van der Waals surface area contributed by atoms with E-state index in [0.29, 0.717) is 10.5 Å². The van der Waals surface area contributed by atoms with E-state index in [4.69, 9.17) is 9.47 Å². The highest BCUT2D eigenvalue weighted by atomic mass is 32.2. The molecule has 0 aliphatic carbocycles. The fraction of sp³-hybridized carbons (Fsp3) is 0.241. The molecule has 5 rings (SSSR count). The van der Waals surface area contributed by atoms with Gasteiger partial charge in [0.15, 0.2) is 18.0 Å². The number of amides is 2. The summed E-state index contributed by atoms with van der Waals surface area (Å²) in [5.41, 5.74) is 1.83. The summed E-state index contributed by atoms with van der Waals surface area (Å²) in [6, 6.07) is 19.2. The summed E-state index contributed by atoms with van der Waals surface area (Å²) in [5, 5.41) is 3.36. The Morgan fingerprint density at radius 3 is 2.23 bits per heavy atom. The molecule has 2 fully saturated rings. The van der Waals surface area contributed by atoms with Gasteiger partial charge in [-0.15, -0.1) is 11.3 Å². The van der Waals surface area contributed by atoms with E-state index in [1.807, 2.05) is 36.4 Å². The van der Waals surface area contributed by atoms with E-state index in [9.17, 15) is 23.7 Å². The predicted molar refractivity (Wildman–Crippen MR) is 148 cm³/mol. The lowest BCUT2D eigenvalue weighted by atomic mass is 9.97. The number of carbonyl (C=O) groups excluding carboxylic acids is 4. The number of thiophene rings is 1.